The molecular formula is C24H29NO3. The van der Waals surface area contributed by atoms with Crippen molar-refractivity contribution in [3.63, 3.8) is 0 Å². The molecule has 1 amide bonds. The predicted octanol–water partition coefficient (Wildman–Crippen LogP) is 5.49. The third kappa shape index (κ3) is 3.51. The molecule has 148 valence electrons. The van der Waals surface area contributed by atoms with Crippen molar-refractivity contribution >= 4 is 23.2 Å². The molecule has 2 aromatic rings. The van der Waals surface area contributed by atoms with E-state index in [1.54, 1.807) is 7.11 Å². The summed E-state index contributed by atoms with van der Waals surface area (Å²) in [6.45, 7) is 12.5. The molecule has 1 heterocycles. The van der Waals surface area contributed by atoms with Crippen LogP contribution < -0.4 is 10.1 Å². The molecule has 2 N–H and O–H groups in total. The third-order valence-corrected chi connectivity index (χ3v) is 5.08. The molecule has 0 fully saturated rings. The number of rotatable bonds is 2. The minimum Gasteiger partial charge on any atom is -0.507 e. The smallest absolute Gasteiger partial charge is 0.256 e. The van der Waals surface area contributed by atoms with Gasteiger partial charge in [0.25, 0.3) is 5.91 Å². The summed E-state index contributed by atoms with van der Waals surface area (Å²) in [5.41, 5.74) is 4.31. The summed E-state index contributed by atoms with van der Waals surface area (Å²) in [6, 6.07) is 9.57. The first-order valence-electron chi connectivity index (χ1n) is 9.52. The van der Waals surface area contributed by atoms with Crippen LogP contribution in [0.2, 0.25) is 0 Å². The van der Waals surface area contributed by atoms with Gasteiger partial charge in [0.1, 0.15) is 11.5 Å². The maximum absolute atomic E-state index is 12.7. The molecule has 0 saturated carbocycles. The summed E-state index contributed by atoms with van der Waals surface area (Å²) >= 11 is 0. The van der Waals surface area contributed by atoms with Gasteiger partial charge in [-0.2, -0.15) is 0 Å². The number of ether oxygens (including phenoxy) is 1. The van der Waals surface area contributed by atoms with Gasteiger partial charge in [0.05, 0.1) is 12.8 Å². The van der Waals surface area contributed by atoms with E-state index in [4.69, 9.17) is 4.74 Å². The molecule has 0 unspecified atom stereocenters. The van der Waals surface area contributed by atoms with Gasteiger partial charge in [0, 0.05) is 22.3 Å². The quantitative estimate of drug-likeness (QED) is 0.679. The molecule has 0 aromatic heterocycles. The first-order valence-corrected chi connectivity index (χ1v) is 9.52. The molecule has 1 aliphatic rings. The Hall–Kier alpha value is -2.75. The van der Waals surface area contributed by atoms with Crippen LogP contribution in [0.1, 0.15) is 63.8 Å². The Bertz CT molecular complexity index is 937. The minimum atomic E-state index is -0.225. The normalized spacial score (nSPS) is 15.5. The highest BCUT2D eigenvalue weighted by molar-refractivity contribution is 6.35. The van der Waals surface area contributed by atoms with Crippen molar-refractivity contribution < 1.29 is 14.6 Å². The second-order valence-corrected chi connectivity index (χ2v) is 9.36. The predicted molar refractivity (Wildman–Crippen MR) is 115 cm³/mol. The SMILES string of the molecule is COc1cccc2c1NC(=O)/C2=C\c1cc(C(C)(C)C)c(O)c(C(C)(C)C)c1. The van der Waals surface area contributed by atoms with Gasteiger partial charge in [-0.3, -0.25) is 4.79 Å². The summed E-state index contributed by atoms with van der Waals surface area (Å²) in [5.74, 6) is 0.827. The van der Waals surface area contributed by atoms with Crippen LogP contribution in [0.15, 0.2) is 30.3 Å². The number of hydrogen-bond donors (Lipinski definition) is 2. The zero-order chi connectivity index (χ0) is 20.9. The van der Waals surface area contributed by atoms with Crippen LogP contribution >= 0.6 is 0 Å². The Labute approximate surface area is 167 Å². The van der Waals surface area contributed by atoms with Crippen LogP contribution in [0.4, 0.5) is 5.69 Å². The first-order chi connectivity index (χ1) is 12.9. The number of hydrogen-bond acceptors (Lipinski definition) is 3. The fourth-order valence-electron chi connectivity index (χ4n) is 3.55. The standard InChI is InChI=1S/C24H29NO3/c1-23(2,3)17-12-14(13-18(21(17)26)24(4,5)6)11-16-15-9-8-10-19(28-7)20(15)25-22(16)27/h8-13,26H,1-7H3,(H,25,27)/b16-11-. The van der Waals surface area contributed by atoms with Crippen LogP contribution in [0.3, 0.4) is 0 Å². The second kappa shape index (κ2) is 6.69. The van der Waals surface area contributed by atoms with E-state index in [0.717, 1.165) is 22.3 Å². The van der Waals surface area contributed by atoms with E-state index >= 15 is 0 Å². The largest absolute Gasteiger partial charge is 0.507 e. The van der Waals surface area contributed by atoms with E-state index in [1.165, 1.54) is 0 Å². The number of phenols is 1. The Balaban J connectivity index is 2.22. The van der Waals surface area contributed by atoms with Gasteiger partial charge >= 0.3 is 0 Å². The highest BCUT2D eigenvalue weighted by Crippen LogP contribution is 2.42. The summed E-state index contributed by atoms with van der Waals surface area (Å²) < 4.78 is 5.37. The molecule has 0 spiro atoms. The number of carbonyl (C=O) groups is 1. The van der Waals surface area contributed by atoms with E-state index in [2.05, 4.69) is 46.9 Å². The zero-order valence-corrected chi connectivity index (χ0v) is 17.7. The van der Waals surface area contributed by atoms with Crippen LogP contribution in [0.5, 0.6) is 11.5 Å². The number of phenolic OH excluding ortho intramolecular Hbond substituents is 1. The average Bonchev–Trinajstić information content (AvgIpc) is 2.90. The van der Waals surface area contributed by atoms with Crippen LogP contribution in [-0.2, 0) is 15.6 Å². The Morgan fingerprint density at radius 1 is 1.00 bits per heavy atom. The third-order valence-electron chi connectivity index (χ3n) is 5.08. The van der Waals surface area contributed by atoms with E-state index in [-0.39, 0.29) is 16.7 Å². The maximum atomic E-state index is 12.7. The van der Waals surface area contributed by atoms with E-state index in [1.807, 2.05) is 36.4 Å². The lowest BCUT2D eigenvalue weighted by Gasteiger charge is -2.28. The fraction of sp³-hybridized carbons (Fsp3) is 0.375. The van der Waals surface area contributed by atoms with Crippen molar-refractivity contribution in [2.45, 2.75) is 52.4 Å². The van der Waals surface area contributed by atoms with Crippen molar-refractivity contribution in [1.29, 1.82) is 0 Å². The summed E-state index contributed by atoms with van der Waals surface area (Å²) in [4.78, 5) is 12.7. The highest BCUT2D eigenvalue weighted by Gasteiger charge is 2.29. The van der Waals surface area contributed by atoms with E-state index < -0.39 is 0 Å². The Morgan fingerprint density at radius 2 is 1.57 bits per heavy atom. The van der Waals surface area contributed by atoms with Gasteiger partial charge in [-0.15, -0.1) is 0 Å². The van der Waals surface area contributed by atoms with Crippen LogP contribution in [0.25, 0.3) is 11.6 Å². The molecule has 1 aliphatic heterocycles. The lowest BCUT2D eigenvalue weighted by Crippen LogP contribution is -2.17. The summed E-state index contributed by atoms with van der Waals surface area (Å²) in [6.07, 6.45) is 1.89. The van der Waals surface area contributed by atoms with Crippen LogP contribution in [-0.4, -0.2) is 18.1 Å². The summed E-state index contributed by atoms with van der Waals surface area (Å²) in [7, 11) is 1.59. The molecule has 28 heavy (non-hydrogen) atoms. The number of amides is 1. The number of carbonyl (C=O) groups excluding carboxylic acids is 1. The number of methoxy groups -OCH3 is 1. The van der Waals surface area contributed by atoms with Crippen LogP contribution in [0, 0.1) is 0 Å². The summed E-state index contributed by atoms with van der Waals surface area (Å²) in [5, 5.41) is 13.8. The second-order valence-electron chi connectivity index (χ2n) is 9.36. The van der Waals surface area contributed by atoms with Gasteiger partial charge < -0.3 is 15.2 Å². The van der Waals surface area contributed by atoms with Crippen molar-refractivity contribution in [1.82, 2.24) is 0 Å². The molecule has 2 aromatic carbocycles. The molecule has 0 saturated heterocycles. The molecule has 0 radical (unpaired) electrons. The van der Waals surface area contributed by atoms with Gasteiger partial charge in [0.15, 0.2) is 0 Å². The van der Waals surface area contributed by atoms with Crippen molar-refractivity contribution in [2.75, 3.05) is 12.4 Å². The highest BCUT2D eigenvalue weighted by atomic mass is 16.5. The lowest BCUT2D eigenvalue weighted by atomic mass is 9.78. The first kappa shape index (κ1) is 20.0. The topological polar surface area (TPSA) is 58.6 Å². The number of nitrogens with one attached hydrogen (secondary N) is 1. The average molecular weight is 380 g/mol. The molecule has 4 nitrogen and oxygen atoms in total. The molecule has 0 atom stereocenters. The number of anilines is 1. The number of fused-ring (bicyclic) bond motifs is 1. The van der Waals surface area contributed by atoms with E-state index in [0.29, 0.717) is 22.8 Å². The molecule has 4 heteroatoms. The van der Waals surface area contributed by atoms with Gasteiger partial charge in [-0.1, -0.05) is 53.7 Å². The molecule has 0 aliphatic carbocycles. The maximum Gasteiger partial charge on any atom is 0.256 e. The molecule has 3 rings (SSSR count). The fourth-order valence-corrected chi connectivity index (χ4v) is 3.55. The van der Waals surface area contributed by atoms with Gasteiger partial charge in [0.2, 0.25) is 0 Å². The van der Waals surface area contributed by atoms with Gasteiger partial charge in [-0.25, -0.2) is 0 Å². The van der Waals surface area contributed by atoms with E-state index in [9.17, 15) is 9.90 Å². The number of para-hydroxylation sites is 1. The van der Waals surface area contributed by atoms with Crippen molar-refractivity contribution in [2.24, 2.45) is 0 Å². The molecular weight excluding hydrogens is 350 g/mol. The minimum absolute atomic E-state index is 0.151. The van der Waals surface area contributed by atoms with Crippen molar-refractivity contribution in [3.8, 4) is 11.5 Å². The zero-order valence-electron chi connectivity index (χ0n) is 17.7. The number of benzene rings is 2. The monoisotopic (exact) mass is 379 g/mol. The van der Waals surface area contributed by atoms with Gasteiger partial charge in [-0.05, 0) is 40.7 Å². The van der Waals surface area contributed by atoms with Crippen molar-refractivity contribution in [3.05, 3.63) is 52.6 Å². The molecule has 0 bridgehead atoms. The lowest BCUT2D eigenvalue weighted by molar-refractivity contribution is -0.110. The Kier molecular flexibility index (Phi) is 4.78. The number of aromatic hydroxyl groups is 1. The Morgan fingerprint density at radius 3 is 2.07 bits per heavy atom.